The highest BCUT2D eigenvalue weighted by molar-refractivity contribution is 5.41. The predicted molar refractivity (Wildman–Crippen MR) is 66.3 cm³/mol. The van der Waals surface area contributed by atoms with Gasteiger partial charge >= 0.3 is 0 Å². The van der Waals surface area contributed by atoms with Gasteiger partial charge in [0.15, 0.2) is 0 Å². The molecule has 0 bridgehead atoms. The monoisotopic (exact) mass is 231 g/mol. The summed E-state index contributed by atoms with van der Waals surface area (Å²) in [5.41, 5.74) is 4.91. The van der Waals surface area contributed by atoms with Crippen molar-refractivity contribution in [3.8, 4) is 5.75 Å². The number of nitrogens with one attached hydrogen (secondary N) is 1. The van der Waals surface area contributed by atoms with Gasteiger partial charge in [0.1, 0.15) is 5.75 Å². The van der Waals surface area contributed by atoms with Crippen LogP contribution in [-0.2, 0) is 12.8 Å². The Balaban J connectivity index is 2.15. The molecule has 0 amide bonds. The number of rotatable bonds is 4. The molecule has 4 nitrogen and oxygen atoms in total. The number of benzene rings is 1. The summed E-state index contributed by atoms with van der Waals surface area (Å²) in [7, 11) is 1.70. The van der Waals surface area contributed by atoms with Gasteiger partial charge in [0.2, 0.25) is 0 Å². The lowest BCUT2D eigenvalue weighted by molar-refractivity contribution is 0.414. The van der Waals surface area contributed by atoms with Gasteiger partial charge in [-0.05, 0) is 55.5 Å². The normalized spacial score (nSPS) is 10.5. The first-order valence-corrected chi connectivity index (χ1v) is 5.69. The Morgan fingerprint density at radius 1 is 1.18 bits per heavy atom. The van der Waals surface area contributed by atoms with E-state index in [4.69, 9.17) is 4.74 Å². The summed E-state index contributed by atoms with van der Waals surface area (Å²) in [6.07, 6.45) is 3.66. The molecule has 0 aliphatic rings. The summed E-state index contributed by atoms with van der Waals surface area (Å²) in [4.78, 5) is 0. The average molecular weight is 231 g/mol. The van der Waals surface area contributed by atoms with Crippen LogP contribution in [0.5, 0.6) is 5.75 Å². The molecule has 0 saturated heterocycles. The Morgan fingerprint density at radius 3 is 2.41 bits per heavy atom. The number of nitrogens with zero attached hydrogens (tertiary/aromatic N) is 2. The Kier molecular flexibility index (Phi) is 3.42. The minimum Gasteiger partial charge on any atom is -0.497 e. The van der Waals surface area contributed by atoms with E-state index in [1.165, 1.54) is 16.7 Å². The van der Waals surface area contributed by atoms with E-state index in [0.29, 0.717) is 0 Å². The fourth-order valence-corrected chi connectivity index (χ4v) is 2.06. The fraction of sp³-hybridized carbons (Fsp3) is 0.385. The molecule has 17 heavy (non-hydrogen) atoms. The summed E-state index contributed by atoms with van der Waals surface area (Å²) in [6, 6.07) is 4.15. The van der Waals surface area contributed by atoms with Gasteiger partial charge in [0.05, 0.1) is 19.0 Å². The van der Waals surface area contributed by atoms with Crippen LogP contribution in [0.3, 0.4) is 0 Å². The highest BCUT2D eigenvalue weighted by Gasteiger charge is 2.06. The number of ether oxygens (including phenoxy) is 1. The minimum absolute atomic E-state index is 0.907. The molecule has 1 aromatic heterocycles. The van der Waals surface area contributed by atoms with Gasteiger partial charge < -0.3 is 4.74 Å². The molecule has 90 valence electrons. The van der Waals surface area contributed by atoms with Crippen molar-refractivity contribution in [1.82, 2.24) is 15.4 Å². The molecular weight excluding hydrogens is 214 g/mol. The molecule has 0 atom stereocenters. The quantitative estimate of drug-likeness (QED) is 0.877. The van der Waals surface area contributed by atoms with Gasteiger partial charge in [0, 0.05) is 0 Å². The zero-order valence-electron chi connectivity index (χ0n) is 10.4. The summed E-state index contributed by atoms with van der Waals surface area (Å²) >= 11 is 0. The van der Waals surface area contributed by atoms with Gasteiger partial charge in [-0.3, -0.25) is 0 Å². The Labute approximate surface area is 101 Å². The van der Waals surface area contributed by atoms with Crippen molar-refractivity contribution in [1.29, 1.82) is 0 Å². The molecule has 0 fully saturated rings. The van der Waals surface area contributed by atoms with Crippen LogP contribution in [0.25, 0.3) is 0 Å². The largest absolute Gasteiger partial charge is 0.497 e. The molecule has 0 radical (unpaired) electrons. The van der Waals surface area contributed by atoms with Gasteiger partial charge in [-0.15, -0.1) is 0 Å². The molecule has 1 aromatic carbocycles. The van der Waals surface area contributed by atoms with Crippen LogP contribution >= 0.6 is 0 Å². The van der Waals surface area contributed by atoms with E-state index in [9.17, 15) is 0 Å². The molecular formula is C13H17N3O. The number of aryl methyl sites for hydroxylation is 3. The zero-order chi connectivity index (χ0) is 12.3. The second-order valence-electron chi connectivity index (χ2n) is 4.20. The van der Waals surface area contributed by atoms with Crippen molar-refractivity contribution in [2.24, 2.45) is 0 Å². The molecule has 1 heterocycles. The van der Waals surface area contributed by atoms with Crippen LogP contribution in [-0.4, -0.2) is 22.5 Å². The van der Waals surface area contributed by atoms with Crippen molar-refractivity contribution >= 4 is 0 Å². The van der Waals surface area contributed by atoms with Crippen LogP contribution in [0.15, 0.2) is 18.3 Å². The maximum atomic E-state index is 5.25. The minimum atomic E-state index is 0.907. The lowest BCUT2D eigenvalue weighted by Crippen LogP contribution is -1.99. The first kappa shape index (κ1) is 11.6. The van der Waals surface area contributed by atoms with Crippen LogP contribution < -0.4 is 4.74 Å². The highest BCUT2D eigenvalue weighted by Crippen LogP contribution is 2.22. The van der Waals surface area contributed by atoms with E-state index in [2.05, 4.69) is 41.4 Å². The van der Waals surface area contributed by atoms with Crippen LogP contribution in [0.1, 0.15) is 22.4 Å². The molecule has 4 heteroatoms. The maximum absolute atomic E-state index is 5.25. The Hall–Kier alpha value is -1.84. The second-order valence-corrected chi connectivity index (χ2v) is 4.20. The van der Waals surface area contributed by atoms with Crippen LogP contribution in [0.2, 0.25) is 0 Å². The summed E-state index contributed by atoms with van der Waals surface area (Å²) in [5, 5.41) is 10.5. The topological polar surface area (TPSA) is 50.8 Å². The molecule has 2 aromatic rings. The van der Waals surface area contributed by atoms with E-state index < -0.39 is 0 Å². The Bertz CT molecular complexity index is 468. The van der Waals surface area contributed by atoms with E-state index >= 15 is 0 Å². The van der Waals surface area contributed by atoms with Crippen molar-refractivity contribution in [2.45, 2.75) is 26.7 Å². The van der Waals surface area contributed by atoms with E-state index in [0.717, 1.165) is 24.3 Å². The SMILES string of the molecule is COc1cc(C)c(CCc2cn[nH]n2)c(C)c1. The summed E-state index contributed by atoms with van der Waals surface area (Å²) < 4.78 is 5.25. The van der Waals surface area contributed by atoms with Gasteiger partial charge in [0.25, 0.3) is 0 Å². The number of hydrogen-bond donors (Lipinski definition) is 1. The molecule has 1 N–H and O–H groups in total. The van der Waals surface area contributed by atoms with Crippen molar-refractivity contribution < 1.29 is 4.74 Å². The van der Waals surface area contributed by atoms with E-state index in [1.807, 2.05) is 0 Å². The van der Waals surface area contributed by atoms with Crippen LogP contribution in [0.4, 0.5) is 0 Å². The lowest BCUT2D eigenvalue weighted by Gasteiger charge is -2.11. The predicted octanol–water partition coefficient (Wildman–Crippen LogP) is 2.22. The molecule has 0 aliphatic heterocycles. The summed E-state index contributed by atoms with van der Waals surface area (Å²) in [5.74, 6) is 0.921. The maximum Gasteiger partial charge on any atom is 0.119 e. The first-order valence-electron chi connectivity index (χ1n) is 5.69. The Morgan fingerprint density at radius 2 is 1.88 bits per heavy atom. The second kappa shape index (κ2) is 4.99. The lowest BCUT2D eigenvalue weighted by atomic mass is 9.97. The molecule has 0 aliphatic carbocycles. The third kappa shape index (κ3) is 2.64. The van der Waals surface area contributed by atoms with E-state index in [-0.39, 0.29) is 0 Å². The van der Waals surface area contributed by atoms with Crippen molar-refractivity contribution in [3.63, 3.8) is 0 Å². The smallest absolute Gasteiger partial charge is 0.119 e. The third-order valence-corrected chi connectivity index (χ3v) is 3.00. The first-order chi connectivity index (χ1) is 8.20. The van der Waals surface area contributed by atoms with E-state index in [1.54, 1.807) is 13.3 Å². The molecule has 0 unspecified atom stereocenters. The summed E-state index contributed by atoms with van der Waals surface area (Å²) in [6.45, 7) is 4.24. The van der Waals surface area contributed by atoms with Gasteiger partial charge in [-0.25, -0.2) is 0 Å². The molecule has 0 saturated carbocycles. The number of H-pyrrole nitrogens is 1. The van der Waals surface area contributed by atoms with Crippen molar-refractivity contribution in [3.05, 3.63) is 40.7 Å². The van der Waals surface area contributed by atoms with Gasteiger partial charge in [-0.2, -0.15) is 15.4 Å². The molecule has 2 rings (SSSR count). The average Bonchev–Trinajstić information content (AvgIpc) is 2.80. The van der Waals surface area contributed by atoms with Gasteiger partial charge in [-0.1, -0.05) is 0 Å². The standard InChI is InChI=1S/C13H17N3O/c1-9-6-12(17-3)7-10(2)13(9)5-4-11-8-14-16-15-11/h6-8H,4-5H2,1-3H3,(H,14,15,16). The number of methoxy groups -OCH3 is 1. The molecule has 0 spiro atoms. The fourth-order valence-electron chi connectivity index (χ4n) is 2.06. The number of hydrogen-bond acceptors (Lipinski definition) is 3. The number of aromatic nitrogens is 3. The van der Waals surface area contributed by atoms with Crippen LogP contribution in [0, 0.1) is 13.8 Å². The van der Waals surface area contributed by atoms with Crippen molar-refractivity contribution in [2.75, 3.05) is 7.11 Å². The highest BCUT2D eigenvalue weighted by atomic mass is 16.5. The third-order valence-electron chi connectivity index (χ3n) is 3.00. The number of aromatic amines is 1. The zero-order valence-corrected chi connectivity index (χ0v) is 10.4.